The van der Waals surface area contributed by atoms with Crippen molar-refractivity contribution in [2.24, 2.45) is 7.05 Å². The lowest BCUT2D eigenvalue weighted by Gasteiger charge is -2.13. The summed E-state index contributed by atoms with van der Waals surface area (Å²) in [7, 11) is 3.79. The summed E-state index contributed by atoms with van der Waals surface area (Å²) >= 11 is 0. The van der Waals surface area contributed by atoms with E-state index in [-0.39, 0.29) is 34.3 Å². The summed E-state index contributed by atoms with van der Waals surface area (Å²) in [5.74, 6) is -3.71. The molecule has 4 aromatic rings. The van der Waals surface area contributed by atoms with Crippen molar-refractivity contribution < 1.29 is 36.6 Å². The molecule has 14 heteroatoms. The fraction of sp³-hybridized carbons (Fsp3) is 0.154. The van der Waals surface area contributed by atoms with Crippen LogP contribution in [0.4, 0.5) is 23.2 Å². The molecular weight excluding hydrogens is 538 g/mol. The molecule has 4 rings (SSSR count). The number of ether oxygens (including phenoxy) is 3. The number of nitrogens with zero attached hydrogens (tertiary/aromatic N) is 4. The first-order valence-corrected chi connectivity index (χ1v) is 11.3. The largest absolute Gasteiger partial charge is 0.497 e. The van der Waals surface area contributed by atoms with Gasteiger partial charge < -0.3 is 19.5 Å². The maximum Gasteiger partial charge on any atom is 0.387 e. The molecule has 10 nitrogen and oxygen atoms in total. The van der Waals surface area contributed by atoms with Gasteiger partial charge in [-0.1, -0.05) is 0 Å². The zero-order valence-corrected chi connectivity index (χ0v) is 21.0. The van der Waals surface area contributed by atoms with Crippen molar-refractivity contribution in [2.45, 2.75) is 6.61 Å². The molecule has 0 saturated heterocycles. The molecule has 40 heavy (non-hydrogen) atoms. The lowest BCUT2D eigenvalue weighted by atomic mass is 10.1. The SMILES string of the molecule is COc1cc(F)c(-c2c(NC(=O)c3ccc(OC(F)F)cc3)c(=O)n(-c3nc(OC)ccc3C#N)n2C)c(F)c1. The Labute approximate surface area is 223 Å². The molecular formula is C26H19F4N5O5. The zero-order valence-electron chi connectivity index (χ0n) is 21.0. The van der Waals surface area contributed by atoms with Gasteiger partial charge in [0.25, 0.3) is 11.5 Å². The molecule has 0 unspecified atom stereocenters. The number of aromatic nitrogens is 3. The predicted octanol–water partition coefficient (Wildman–Crippen LogP) is 4.26. The van der Waals surface area contributed by atoms with E-state index in [0.29, 0.717) is 0 Å². The highest BCUT2D eigenvalue weighted by Gasteiger charge is 2.29. The number of hydrogen-bond donors (Lipinski definition) is 1. The van der Waals surface area contributed by atoms with Crippen molar-refractivity contribution in [1.29, 1.82) is 5.26 Å². The average molecular weight is 557 g/mol. The van der Waals surface area contributed by atoms with Crippen LogP contribution in [0.5, 0.6) is 17.4 Å². The smallest absolute Gasteiger partial charge is 0.387 e. The normalized spacial score (nSPS) is 10.8. The second-order valence-electron chi connectivity index (χ2n) is 8.02. The summed E-state index contributed by atoms with van der Waals surface area (Å²) in [6, 6.07) is 10.9. The van der Waals surface area contributed by atoms with Crippen LogP contribution in [0.25, 0.3) is 17.1 Å². The number of hydrogen-bond acceptors (Lipinski definition) is 7. The Morgan fingerprint density at radius 3 is 2.23 bits per heavy atom. The van der Waals surface area contributed by atoms with Gasteiger partial charge in [0.1, 0.15) is 40.6 Å². The average Bonchev–Trinajstić information content (AvgIpc) is 3.16. The molecule has 1 amide bonds. The summed E-state index contributed by atoms with van der Waals surface area (Å²) in [4.78, 5) is 30.9. The van der Waals surface area contributed by atoms with Crippen LogP contribution in [-0.4, -0.2) is 41.1 Å². The highest BCUT2D eigenvalue weighted by Crippen LogP contribution is 2.34. The van der Waals surface area contributed by atoms with Gasteiger partial charge in [0.2, 0.25) is 5.88 Å². The van der Waals surface area contributed by atoms with Crippen LogP contribution in [0.2, 0.25) is 0 Å². The van der Waals surface area contributed by atoms with Crippen LogP contribution in [0, 0.1) is 23.0 Å². The minimum absolute atomic E-state index is 0.0298. The first kappa shape index (κ1) is 27.7. The van der Waals surface area contributed by atoms with Gasteiger partial charge in [-0.3, -0.25) is 14.3 Å². The van der Waals surface area contributed by atoms with Crippen molar-refractivity contribution in [3.8, 4) is 40.5 Å². The number of benzene rings is 2. The molecule has 0 atom stereocenters. The third-order valence-corrected chi connectivity index (χ3v) is 5.71. The number of carbonyl (C=O) groups excluding carboxylic acids is 1. The Hall–Kier alpha value is -5.32. The number of halogens is 4. The van der Waals surface area contributed by atoms with Crippen LogP contribution in [0.1, 0.15) is 15.9 Å². The number of alkyl halides is 2. The van der Waals surface area contributed by atoms with Crippen molar-refractivity contribution in [2.75, 3.05) is 19.5 Å². The molecule has 0 spiro atoms. The molecule has 0 aliphatic rings. The lowest BCUT2D eigenvalue weighted by molar-refractivity contribution is -0.0498. The van der Waals surface area contributed by atoms with Gasteiger partial charge in [-0.15, -0.1) is 0 Å². The van der Waals surface area contributed by atoms with Gasteiger partial charge in [0, 0.05) is 30.8 Å². The van der Waals surface area contributed by atoms with E-state index < -0.39 is 46.7 Å². The summed E-state index contributed by atoms with van der Waals surface area (Å²) in [5, 5.41) is 12.0. The van der Waals surface area contributed by atoms with E-state index in [2.05, 4.69) is 15.0 Å². The van der Waals surface area contributed by atoms with E-state index in [1.807, 2.05) is 6.07 Å². The molecule has 1 N–H and O–H groups in total. The van der Waals surface area contributed by atoms with Crippen molar-refractivity contribution in [3.05, 3.63) is 81.6 Å². The minimum Gasteiger partial charge on any atom is -0.497 e. The number of pyridine rings is 1. The molecule has 206 valence electrons. The second kappa shape index (κ2) is 11.2. The number of anilines is 1. The first-order valence-electron chi connectivity index (χ1n) is 11.3. The summed E-state index contributed by atoms with van der Waals surface area (Å²) in [5.41, 5.74) is -2.81. The first-order chi connectivity index (χ1) is 19.1. The third-order valence-electron chi connectivity index (χ3n) is 5.71. The van der Waals surface area contributed by atoms with Gasteiger partial charge in [-0.2, -0.15) is 23.7 Å². The lowest BCUT2D eigenvalue weighted by Crippen LogP contribution is -2.24. The molecule has 0 fully saturated rings. The van der Waals surface area contributed by atoms with Crippen LogP contribution < -0.4 is 25.1 Å². The Morgan fingerprint density at radius 2 is 1.68 bits per heavy atom. The molecule has 2 heterocycles. The highest BCUT2D eigenvalue weighted by molar-refractivity contribution is 6.06. The second-order valence-corrected chi connectivity index (χ2v) is 8.02. The molecule has 0 radical (unpaired) electrons. The fourth-order valence-electron chi connectivity index (χ4n) is 3.90. The summed E-state index contributed by atoms with van der Waals surface area (Å²) in [6.45, 7) is -3.08. The van der Waals surface area contributed by atoms with E-state index >= 15 is 8.78 Å². The van der Waals surface area contributed by atoms with E-state index in [9.17, 15) is 23.6 Å². The standard InChI is InChI=1S/C26H19F4N5O5/c1-34-22(20-17(27)10-16(38-2)11-18(20)28)21(33-24(36)13-4-7-15(8-5-13)40-26(29)30)25(37)35(34)23-14(12-31)6-9-19(32-23)39-3/h4-11,26H,1-3H3,(H,33,36). The van der Waals surface area contributed by atoms with Crippen molar-refractivity contribution in [1.82, 2.24) is 14.3 Å². The van der Waals surface area contributed by atoms with Crippen molar-refractivity contribution >= 4 is 11.6 Å². The highest BCUT2D eigenvalue weighted by atomic mass is 19.3. The van der Waals surface area contributed by atoms with E-state index in [0.717, 1.165) is 45.8 Å². The summed E-state index contributed by atoms with van der Waals surface area (Å²) < 4.78 is 71.5. The molecule has 0 bridgehead atoms. The maximum atomic E-state index is 15.2. The Balaban J connectivity index is 1.94. The fourth-order valence-corrected chi connectivity index (χ4v) is 3.90. The number of nitriles is 1. The maximum absolute atomic E-state index is 15.2. The Kier molecular flexibility index (Phi) is 7.76. The van der Waals surface area contributed by atoms with Crippen molar-refractivity contribution in [3.63, 3.8) is 0 Å². The van der Waals surface area contributed by atoms with Gasteiger partial charge in [-0.25, -0.2) is 8.78 Å². The van der Waals surface area contributed by atoms with E-state index in [1.165, 1.54) is 33.4 Å². The zero-order chi connectivity index (χ0) is 29.1. The Bertz CT molecular complexity index is 1670. The van der Waals surface area contributed by atoms with Gasteiger partial charge >= 0.3 is 6.61 Å². The van der Waals surface area contributed by atoms with Crippen LogP contribution in [0.3, 0.4) is 0 Å². The molecule has 0 aliphatic heterocycles. The minimum atomic E-state index is -3.08. The number of amides is 1. The number of rotatable bonds is 8. The quantitative estimate of drug-likeness (QED) is 0.322. The van der Waals surface area contributed by atoms with Crippen LogP contribution >= 0.6 is 0 Å². The van der Waals surface area contributed by atoms with Gasteiger partial charge in [0.15, 0.2) is 5.82 Å². The van der Waals surface area contributed by atoms with E-state index in [1.54, 1.807) is 0 Å². The van der Waals surface area contributed by atoms with Crippen LogP contribution in [-0.2, 0) is 7.05 Å². The molecule has 2 aromatic carbocycles. The van der Waals surface area contributed by atoms with E-state index in [4.69, 9.17) is 9.47 Å². The third kappa shape index (κ3) is 5.17. The predicted molar refractivity (Wildman–Crippen MR) is 133 cm³/mol. The number of methoxy groups -OCH3 is 2. The number of carbonyl (C=O) groups is 1. The van der Waals surface area contributed by atoms with Gasteiger partial charge in [-0.05, 0) is 30.3 Å². The number of nitrogens with one attached hydrogen (secondary N) is 1. The molecule has 2 aromatic heterocycles. The molecule has 0 saturated carbocycles. The topological polar surface area (TPSA) is 120 Å². The molecule has 0 aliphatic carbocycles. The Morgan fingerprint density at radius 1 is 1.02 bits per heavy atom. The van der Waals surface area contributed by atoms with Gasteiger partial charge in [0.05, 0.1) is 25.3 Å². The van der Waals surface area contributed by atoms with Crippen LogP contribution in [0.15, 0.2) is 53.3 Å². The summed E-state index contributed by atoms with van der Waals surface area (Å²) in [6.07, 6.45) is 0. The monoisotopic (exact) mass is 557 g/mol.